The molecule has 1 saturated carbocycles. The predicted octanol–water partition coefficient (Wildman–Crippen LogP) is 3.26. The highest BCUT2D eigenvalue weighted by atomic mass is 35.5. The molecule has 3 rings (SSSR count). The van der Waals surface area contributed by atoms with Crippen LogP contribution in [0.3, 0.4) is 0 Å². The van der Waals surface area contributed by atoms with Crippen molar-refractivity contribution in [3.8, 4) is 17.1 Å². The molecule has 1 heterocycles. The number of halogens is 1. The first kappa shape index (κ1) is 12.5. The third-order valence-corrected chi connectivity index (χ3v) is 3.42. The van der Waals surface area contributed by atoms with Crippen LogP contribution in [0.1, 0.15) is 18.5 Å². The van der Waals surface area contributed by atoms with Crippen molar-refractivity contribution in [3.63, 3.8) is 0 Å². The number of methoxy groups -OCH3 is 1. The third-order valence-electron chi connectivity index (χ3n) is 3.18. The number of oxazole rings is 1. The first-order chi connectivity index (χ1) is 9.28. The second-order valence-corrected chi connectivity index (χ2v) is 5.06. The Labute approximate surface area is 116 Å². The van der Waals surface area contributed by atoms with Gasteiger partial charge in [-0.1, -0.05) is 11.6 Å². The van der Waals surface area contributed by atoms with E-state index >= 15 is 0 Å². The Morgan fingerprint density at radius 2 is 2.32 bits per heavy atom. The zero-order valence-corrected chi connectivity index (χ0v) is 11.4. The van der Waals surface area contributed by atoms with Gasteiger partial charge in [-0.3, -0.25) is 0 Å². The van der Waals surface area contributed by atoms with E-state index in [2.05, 4.69) is 10.3 Å². The minimum atomic E-state index is 0.636. The van der Waals surface area contributed by atoms with Gasteiger partial charge in [0.2, 0.25) is 0 Å². The fourth-order valence-corrected chi connectivity index (χ4v) is 2.16. The summed E-state index contributed by atoms with van der Waals surface area (Å²) >= 11 is 5.97. The molecule has 1 aliphatic carbocycles. The van der Waals surface area contributed by atoms with E-state index in [1.165, 1.54) is 19.2 Å². The maximum Gasteiger partial charge on any atom is 0.181 e. The van der Waals surface area contributed by atoms with Crippen LogP contribution >= 0.6 is 11.6 Å². The minimum Gasteiger partial charge on any atom is -0.496 e. The van der Waals surface area contributed by atoms with Gasteiger partial charge in [0.25, 0.3) is 0 Å². The van der Waals surface area contributed by atoms with Gasteiger partial charge in [0, 0.05) is 17.6 Å². The van der Waals surface area contributed by atoms with Crippen LogP contribution in [-0.4, -0.2) is 18.1 Å². The quantitative estimate of drug-likeness (QED) is 0.912. The van der Waals surface area contributed by atoms with Gasteiger partial charge in [0.15, 0.2) is 12.2 Å². The molecule has 0 aliphatic heterocycles. The SMILES string of the molecule is COc1cc(Cl)ccc1-c1ocnc1CNC1CC1. The summed E-state index contributed by atoms with van der Waals surface area (Å²) in [7, 11) is 1.62. The lowest BCUT2D eigenvalue weighted by Gasteiger charge is -2.08. The summed E-state index contributed by atoms with van der Waals surface area (Å²) in [5.74, 6) is 1.43. The van der Waals surface area contributed by atoms with E-state index < -0.39 is 0 Å². The van der Waals surface area contributed by atoms with Crippen LogP contribution in [0, 0.1) is 0 Å². The molecule has 1 fully saturated rings. The number of nitrogens with one attached hydrogen (secondary N) is 1. The molecule has 5 heteroatoms. The molecule has 0 radical (unpaired) electrons. The second-order valence-electron chi connectivity index (χ2n) is 4.63. The average Bonchev–Trinajstić information content (AvgIpc) is 3.14. The summed E-state index contributed by atoms with van der Waals surface area (Å²) in [5.41, 5.74) is 1.77. The van der Waals surface area contributed by atoms with Gasteiger partial charge >= 0.3 is 0 Å². The van der Waals surface area contributed by atoms with Crippen molar-refractivity contribution in [2.75, 3.05) is 7.11 Å². The van der Waals surface area contributed by atoms with Crippen molar-refractivity contribution in [1.29, 1.82) is 0 Å². The van der Waals surface area contributed by atoms with Crippen LogP contribution in [0.2, 0.25) is 5.02 Å². The molecule has 100 valence electrons. The van der Waals surface area contributed by atoms with Gasteiger partial charge in [0.05, 0.1) is 12.7 Å². The summed E-state index contributed by atoms with van der Waals surface area (Å²) in [5, 5.41) is 4.07. The van der Waals surface area contributed by atoms with Crippen molar-refractivity contribution in [3.05, 3.63) is 35.3 Å². The number of rotatable bonds is 5. The molecule has 0 atom stereocenters. The van der Waals surface area contributed by atoms with Gasteiger partial charge in [0.1, 0.15) is 11.4 Å². The van der Waals surface area contributed by atoms with Gasteiger partial charge in [-0.25, -0.2) is 4.98 Å². The highest BCUT2D eigenvalue weighted by molar-refractivity contribution is 6.30. The molecule has 0 amide bonds. The van der Waals surface area contributed by atoms with Gasteiger partial charge < -0.3 is 14.5 Å². The molecule has 2 aromatic rings. The maximum absolute atomic E-state index is 5.97. The normalized spacial score (nSPS) is 14.6. The molecular weight excluding hydrogens is 264 g/mol. The van der Waals surface area contributed by atoms with Gasteiger partial charge in [-0.15, -0.1) is 0 Å². The summed E-state index contributed by atoms with van der Waals surface area (Å²) in [6.45, 7) is 0.711. The van der Waals surface area contributed by atoms with Crippen LogP contribution < -0.4 is 10.1 Å². The van der Waals surface area contributed by atoms with Gasteiger partial charge in [-0.2, -0.15) is 0 Å². The summed E-state index contributed by atoms with van der Waals surface area (Å²) in [6, 6.07) is 6.12. The number of hydrogen-bond acceptors (Lipinski definition) is 4. The first-order valence-corrected chi connectivity index (χ1v) is 6.65. The van der Waals surface area contributed by atoms with Crippen LogP contribution in [0.4, 0.5) is 0 Å². The number of nitrogens with zero attached hydrogens (tertiary/aromatic N) is 1. The standard InChI is InChI=1S/C14H15ClN2O2/c1-18-13-6-9(15)2-5-11(13)14-12(17-8-19-14)7-16-10-3-4-10/h2,5-6,8,10,16H,3-4,7H2,1H3. The molecule has 0 saturated heterocycles. The van der Waals surface area contributed by atoms with Crippen molar-refractivity contribution >= 4 is 11.6 Å². The molecular formula is C14H15ClN2O2. The van der Waals surface area contributed by atoms with Crippen molar-refractivity contribution in [1.82, 2.24) is 10.3 Å². The Hall–Kier alpha value is -1.52. The highest BCUT2D eigenvalue weighted by Crippen LogP contribution is 2.34. The Morgan fingerprint density at radius 1 is 1.47 bits per heavy atom. The molecule has 19 heavy (non-hydrogen) atoms. The zero-order chi connectivity index (χ0) is 13.2. The minimum absolute atomic E-state index is 0.636. The van der Waals surface area contributed by atoms with Crippen LogP contribution in [0.15, 0.2) is 29.0 Å². The lowest BCUT2D eigenvalue weighted by molar-refractivity contribution is 0.414. The maximum atomic E-state index is 5.97. The fraction of sp³-hybridized carbons (Fsp3) is 0.357. The Morgan fingerprint density at radius 3 is 3.05 bits per heavy atom. The number of ether oxygens (including phenoxy) is 1. The molecule has 1 aromatic carbocycles. The van der Waals surface area contributed by atoms with E-state index in [9.17, 15) is 0 Å². The summed E-state index contributed by atoms with van der Waals surface area (Å²) < 4.78 is 10.9. The summed E-state index contributed by atoms with van der Waals surface area (Å²) in [6.07, 6.45) is 3.96. The number of benzene rings is 1. The smallest absolute Gasteiger partial charge is 0.181 e. The predicted molar refractivity (Wildman–Crippen MR) is 73.4 cm³/mol. The van der Waals surface area contributed by atoms with E-state index in [-0.39, 0.29) is 0 Å². The van der Waals surface area contributed by atoms with Crippen LogP contribution in [0.25, 0.3) is 11.3 Å². The van der Waals surface area contributed by atoms with Crippen molar-refractivity contribution in [2.45, 2.75) is 25.4 Å². The van der Waals surface area contributed by atoms with Crippen LogP contribution in [0.5, 0.6) is 5.75 Å². The molecule has 1 aliphatic rings. The fourth-order valence-electron chi connectivity index (χ4n) is 2.00. The Kier molecular flexibility index (Phi) is 3.44. The topological polar surface area (TPSA) is 47.3 Å². The third kappa shape index (κ3) is 2.74. The van der Waals surface area contributed by atoms with Crippen molar-refractivity contribution < 1.29 is 9.15 Å². The van der Waals surface area contributed by atoms with E-state index in [1.54, 1.807) is 13.2 Å². The van der Waals surface area contributed by atoms with E-state index in [4.69, 9.17) is 20.8 Å². The number of aromatic nitrogens is 1. The second kappa shape index (κ2) is 5.23. The van der Waals surface area contributed by atoms with E-state index in [0.717, 1.165) is 17.0 Å². The lowest BCUT2D eigenvalue weighted by Crippen LogP contribution is -2.16. The zero-order valence-electron chi connectivity index (χ0n) is 10.6. The Balaban J connectivity index is 1.90. The lowest BCUT2D eigenvalue weighted by atomic mass is 10.1. The molecule has 0 spiro atoms. The van der Waals surface area contributed by atoms with E-state index in [0.29, 0.717) is 23.4 Å². The molecule has 0 unspecified atom stereocenters. The summed E-state index contributed by atoms with van der Waals surface area (Å²) in [4.78, 5) is 4.27. The van der Waals surface area contributed by atoms with E-state index in [1.807, 2.05) is 12.1 Å². The number of hydrogen-bond donors (Lipinski definition) is 1. The molecule has 0 bridgehead atoms. The largest absolute Gasteiger partial charge is 0.496 e. The van der Waals surface area contributed by atoms with Crippen LogP contribution in [-0.2, 0) is 6.54 Å². The highest BCUT2D eigenvalue weighted by Gasteiger charge is 2.22. The molecule has 1 aromatic heterocycles. The average molecular weight is 279 g/mol. The monoisotopic (exact) mass is 278 g/mol. The van der Waals surface area contributed by atoms with Crippen molar-refractivity contribution in [2.24, 2.45) is 0 Å². The Bertz CT molecular complexity index is 579. The molecule has 1 N–H and O–H groups in total. The first-order valence-electron chi connectivity index (χ1n) is 6.27. The van der Waals surface area contributed by atoms with Gasteiger partial charge in [-0.05, 0) is 31.0 Å². The molecule has 4 nitrogen and oxygen atoms in total.